The first-order valence-electron chi connectivity index (χ1n) is 6.85. The Hall–Kier alpha value is -1.75. The SMILES string of the molecule is CCCOC(=O)CCC(=O)c1ccc(Br)c2cccnc12. The molecule has 0 radical (unpaired) electrons. The number of carbonyl (C=O) groups is 2. The maximum absolute atomic E-state index is 12.3. The molecule has 0 aliphatic heterocycles. The van der Waals surface area contributed by atoms with Gasteiger partial charge in [0.1, 0.15) is 0 Å². The zero-order valence-corrected chi connectivity index (χ0v) is 13.4. The van der Waals surface area contributed by atoms with E-state index in [0.29, 0.717) is 17.7 Å². The largest absolute Gasteiger partial charge is 0.466 e. The average Bonchev–Trinajstić information content (AvgIpc) is 2.51. The minimum Gasteiger partial charge on any atom is -0.466 e. The van der Waals surface area contributed by atoms with Gasteiger partial charge in [-0.1, -0.05) is 28.9 Å². The first-order chi connectivity index (χ1) is 10.1. The number of esters is 1. The Bertz CT molecular complexity index is 670. The first-order valence-corrected chi connectivity index (χ1v) is 7.65. The fourth-order valence-corrected chi connectivity index (χ4v) is 2.45. The minimum atomic E-state index is -0.334. The zero-order valence-electron chi connectivity index (χ0n) is 11.8. The minimum absolute atomic E-state index is 0.0975. The van der Waals surface area contributed by atoms with Crippen LogP contribution in [0.1, 0.15) is 36.5 Å². The van der Waals surface area contributed by atoms with Gasteiger partial charge in [-0.25, -0.2) is 0 Å². The fourth-order valence-electron chi connectivity index (χ4n) is 2.00. The Kier molecular flexibility index (Phi) is 5.44. The number of ketones is 1. The topological polar surface area (TPSA) is 56.3 Å². The molecule has 5 heteroatoms. The van der Waals surface area contributed by atoms with Crippen LogP contribution in [-0.2, 0) is 9.53 Å². The molecular weight excluding hydrogens is 334 g/mol. The van der Waals surface area contributed by atoms with Crippen LogP contribution in [0.5, 0.6) is 0 Å². The molecule has 0 atom stereocenters. The van der Waals surface area contributed by atoms with E-state index in [1.807, 2.05) is 25.1 Å². The molecule has 0 amide bonds. The number of carbonyl (C=O) groups excluding carboxylic acids is 2. The molecular formula is C16H16BrNO3. The van der Waals surface area contributed by atoms with Crippen LogP contribution < -0.4 is 0 Å². The highest BCUT2D eigenvalue weighted by Gasteiger charge is 2.14. The molecule has 1 aromatic heterocycles. The van der Waals surface area contributed by atoms with Crippen LogP contribution in [0.15, 0.2) is 34.9 Å². The van der Waals surface area contributed by atoms with E-state index < -0.39 is 0 Å². The van der Waals surface area contributed by atoms with Gasteiger partial charge in [0.25, 0.3) is 0 Å². The second-order valence-electron chi connectivity index (χ2n) is 4.64. The van der Waals surface area contributed by atoms with Crippen LogP contribution in [0.25, 0.3) is 10.9 Å². The van der Waals surface area contributed by atoms with Crippen molar-refractivity contribution in [2.24, 2.45) is 0 Å². The van der Waals surface area contributed by atoms with Crippen molar-refractivity contribution in [3.63, 3.8) is 0 Å². The van der Waals surface area contributed by atoms with Gasteiger partial charge in [0, 0.05) is 28.0 Å². The molecule has 1 aromatic carbocycles. The van der Waals surface area contributed by atoms with Crippen LogP contribution in [0.2, 0.25) is 0 Å². The molecule has 0 aliphatic rings. The van der Waals surface area contributed by atoms with Gasteiger partial charge in [0.2, 0.25) is 0 Å². The van der Waals surface area contributed by atoms with Crippen molar-refractivity contribution >= 4 is 38.6 Å². The molecule has 0 spiro atoms. The number of hydrogen-bond acceptors (Lipinski definition) is 4. The fraction of sp³-hybridized carbons (Fsp3) is 0.312. The number of benzene rings is 1. The Morgan fingerprint density at radius 1 is 1.24 bits per heavy atom. The number of rotatable bonds is 6. The van der Waals surface area contributed by atoms with Gasteiger partial charge in [-0.05, 0) is 24.6 Å². The molecule has 2 aromatic rings. The van der Waals surface area contributed by atoms with Gasteiger partial charge in [-0.2, -0.15) is 0 Å². The summed E-state index contributed by atoms with van der Waals surface area (Å²) in [5.74, 6) is -0.431. The molecule has 0 saturated carbocycles. The Morgan fingerprint density at radius 2 is 2.05 bits per heavy atom. The van der Waals surface area contributed by atoms with E-state index >= 15 is 0 Å². The number of hydrogen-bond donors (Lipinski definition) is 0. The lowest BCUT2D eigenvalue weighted by Gasteiger charge is -2.07. The highest BCUT2D eigenvalue weighted by Crippen LogP contribution is 2.26. The van der Waals surface area contributed by atoms with E-state index in [-0.39, 0.29) is 24.6 Å². The maximum atomic E-state index is 12.3. The van der Waals surface area contributed by atoms with E-state index in [2.05, 4.69) is 20.9 Å². The Morgan fingerprint density at radius 3 is 2.81 bits per heavy atom. The number of ether oxygens (including phenoxy) is 1. The quantitative estimate of drug-likeness (QED) is 0.585. The van der Waals surface area contributed by atoms with Crippen molar-refractivity contribution in [1.82, 2.24) is 4.98 Å². The van der Waals surface area contributed by atoms with Crippen LogP contribution in [0, 0.1) is 0 Å². The lowest BCUT2D eigenvalue weighted by atomic mass is 10.0. The average molecular weight is 350 g/mol. The summed E-state index contributed by atoms with van der Waals surface area (Å²) in [7, 11) is 0. The van der Waals surface area contributed by atoms with Gasteiger partial charge in [0.05, 0.1) is 18.5 Å². The highest BCUT2D eigenvalue weighted by atomic mass is 79.9. The van der Waals surface area contributed by atoms with Crippen molar-refractivity contribution in [3.8, 4) is 0 Å². The summed E-state index contributed by atoms with van der Waals surface area (Å²) < 4.78 is 5.86. The second-order valence-corrected chi connectivity index (χ2v) is 5.49. The van der Waals surface area contributed by atoms with Crippen molar-refractivity contribution in [2.75, 3.05) is 6.61 Å². The summed E-state index contributed by atoms with van der Waals surface area (Å²) in [6.45, 7) is 2.33. The summed E-state index contributed by atoms with van der Waals surface area (Å²) in [5.41, 5.74) is 1.19. The second kappa shape index (κ2) is 7.31. The predicted molar refractivity (Wildman–Crippen MR) is 84.3 cm³/mol. The van der Waals surface area contributed by atoms with Crippen LogP contribution in [0.4, 0.5) is 0 Å². The van der Waals surface area contributed by atoms with Gasteiger partial charge in [0.15, 0.2) is 5.78 Å². The van der Waals surface area contributed by atoms with Crippen LogP contribution in [0.3, 0.4) is 0 Å². The van der Waals surface area contributed by atoms with E-state index in [1.165, 1.54) is 0 Å². The number of aromatic nitrogens is 1. The van der Waals surface area contributed by atoms with Gasteiger partial charge in [-0.3, -0.25) is 14.6 Å². The summed E-state index contributed by atoms with van der Waals surface area (Å²) in [5, 5.41) is 0.886. The van der Waals surface area contributed by atoms with Crippen molar-refractivity contribution in [1.29, 1.82) is 0 Å². The van der Waals surface area contributed by atoms with Crippen LogP contribution in [-0.4, -0.2) is 23.3 Å². The summed E-state index contributed by atoms with van der Waals surface area (Å²) in [6.07, 6.45) is 2.67. The summed E-state index contributed by atoms with van der Waals surface area (Å²) in [6, 6.07) is 7.29. The van der Waals surface area contributed by atoms with Crippen molar-refractivity contribution in [2.45, 2.75) is 26.2 Å². The van der Waals surface area contributed by atoms with E-state index in [0.717, 1.165) is 16.3 Å². The van der Waals surface area contributed by atoms with E-state index in [1.54, 1.807) is 12.3 Å². The van der Waals surface area contributed by atoms with Gasteiger partial charge in [-0.15, -0.1) is 0 Å². The number of Topliss-reactive ketones (excluding diaryl/α,β-unsaturated/α-hetero) is 1. The number of nitrogens with zero attached hydrogens (tertiary/aromatic N) is 1. The molecule has 1 heterocycles. The lowest BCUT2D eigenvalue weighted by Crippen LogP contribution is -2.09. The zero-order chi connectivity index (χ0) is 15.2. The third-order valence-corrected chi connectivity index (χ3v) is 3.73. The van der Waals surface area contributed by atoms with Crippen molar-refractivity contribution < 1.29 is 14.3 Å². The lowest BCUT2D eigenvalue weighted by molar-refractivity contribution is -0.143. The third-order valence-electron chi connectivity index (χ3n) is 3.04. The number of fused-ring (bicyclic) bond motifs is 1. The molecule has 0 fully saturated rings. The van der Waals surface area contributed by atoms with Crippen molar-refractivity contribution in [3.05, 3.63) is 40.5 Å². The van der Waals surface area contributed by atoms with Gasteiger partial charge < -0.3 is 4.74 Å². The summed E-state index contributed by atoms with van der Waals surface area (Å²) >= 11 is 3.45. The number of halogens is 1. The van der Waals surface area contributed by atoms with E-state index in [4.69, 9.17) is 4.74 Å². The molecule has 0 unspecified atom stereocenters. The predicted octanol–water partition coefficient (Wildman–Crippen LogP) is 3.91. The highest BCUT2D eigenvalue weighted by molar-refractivity contribution is 9.10. The Balaban J connectivity index is 2.13. The molecule has 2 rings (SSSR count). The molecule has 21 heavy (non-hydrogen) atoms. The van der Waals surface area contributed by atoms with Crippen LogP contribution >= 0.6 is 15.9 Å². The maximum Gasteiger partial charge on any atom is 0.306 e. The standard InChI is InChI=1S/C16H16BrNO3/c1-2-10-21-15(20)8-7-14(19)12-5-6-13(17)11-4-3-9-18-16(11)12/h3-6,9H,2,7-8,10H2,1H3. The third kappa shape index (κ3) is 3.88. The molecule has 0 N–H and O–H groups in total. The number of pyridine rings is 1. The molecule has 110 valence electrons. The summed E-state index contributed by atoms with van der Waals surface area (Å²) in [4.78, 5) is 28.0. The molecule has 0 bridgehead atoms. The molecule has 0 saturated heterocycles. The smallest absolute Gasteiger partial charge is 0.306 e. The normalized spacial score (nSPS) is 10.6. The van der Waals surface area contributed by atoms with Gasteiger partial charge >= 0.3 is 5.97 Å². The molecule has 0 aliphatic carbocycles. The first kappa shape index (κ1) is 15.6. The molecule has 4 nitrogen and oxygen atoms in total. The monoisotopic (exact) mass is 349 g/mol. The Labute approximate surface area is 131 Å². The van der Waals surface area contributed by atoms with E-state index in [9.17, 15) is 9.59 Å².